The van der Waals surface area contributed by atoms with E-state index in [9.17, 15) is 4.39 Å². The molecule has 0 aromatic heterocycles. The largest absolute Gasteiger partial charge is 0.396 e. The van der Waals surface area contributed by atoms with Gasteiger partial charge in [0, 0.05) is 18.2 Å². The number of halogens is 1. The van der Waals surface area contributed by atoms with Crippen LogP contribution in [0.4, 0.5) is 4.39 Å². The van der Waals surface area contributed by atoms with E-state index in [-0.39, 0.29) is 18.5 Å². The highest BCUT2D eigenvalue weighted by molar-refractivity contribution is 5.20. The Hall–Kier alpha value is -0.930. The van der Waals surface area contributed by atoms with Crippen LogP contribution in [-0.2, 0) is 0 Å². The molecule has 0 saturated carbocycles. The second-order valence-electron chi connectivity index (χ2n) is 3.23. The lowest BCUT2D eigenvalue weighted by Crippen LogP contribution is -2.17. The fraction of sp³-hybridized carbons (Fsp3) is 0.455. The minimum Gasteiger partial charge on any atom is -0.396 e. The first-order chi connectivity index (χ1) is 6.79. The topological polar surface area (TPSA) is 32.3 Å². The van der Waals surface area contributed by atoms with Crippen LogP contribution in [0.3, 0.4) is 0 Å². The van der Waals surface area contributed by atoms with Gasteiger partial charge in [0.25, 0.3) is 0 Å². The van der Waals surface area contributed by atoms with Gasteiger partial charge in [0.1, 0.15) is 5.82 Å². The molecule has 1 atom stereocenters. The minimum absolute atomic E-state index is 0.0108. The van der Waals surface area contributed by atoms with E-state index in [2.05, 4.69) is 5.32 Å². The third-order valence-corrected chi connectivity index (χ3v) is 2.28. The average Bonchev–Trinajstić information content (AvgIpc) is 2.21. The number of aliphatic hydroxyl groups excluding tert-OH is 1. The smallest absolute Gasteiger partial charge is 0.127 e. The third-order valence-electron chi connectivity index (χ3n) is 2.28. The van der Waals surface area contributed by atoms with Crippen molar-refractivity contribution < 1.29 is 9.50 Å². The summed E-state index contributed by atoms with van der Waals surface area (Å²) in [5.74, 6) is -0.190. The number of aliphatic hydroxyl groups is 1. The van der Waals surface area contributed by atoms with E-state index < -0.39 is 0 Å². The van der Waals surface area contributed by atoms with Crippen molar-refractivity contribution in [2.24, 2.45) is 0 Å². The molecule has 3 heteroatoms. The molecule has 0 aliphatic rings. The highest BCUT2D eigenvalue weighted by Crippen LogP contribution is 2.20. The van der Waals surface area contributed by atoms with Crippen LogP contribution in [-0.4, -0.2) is 18.8 Å². The van der Waals surface area contributed by atoms with Gasteiger partial charge in [-0.25, -0.2) is 4.39 Å². The summed E-state index contributed by atoms with van der Waals surface area (Å²) in [6.45, 7) is 0.145. The van der Waals surface area contributed by atoms with E-state index in [1.165, 1.54) is 6.07 Å². The van der Waals surface area contributed by atoms with Crippen LogP contribution in [0.5, 0.6) is 0 Å². The molecule has 0 saturated heterocycles. The van der Waals surface area contributed by atoms with Crippen molar-refractivity contribution in [2.75, 3.05) is 13.7 Å². The zero-order chi connectivity index (χ0) is 10.4. The summed E-state index contributed by atoms with van der Waals surface area (Å²) >= 11 is 0. The highest BCUT2D eigenvalue weighted by Gasteiger charge is 2.12. The maximum Gasteiger partial charge on any atom is 0.127 e. The van der Waals surface area contributed by atoms with Crippen molar-refractivity contribution in [3.8, 4) is 0 Å². The first-order valence-electron chi connectivity index (χ1n) is 4.82. The van der Waals surface area contributed by atoms with E-state index in [1.54, 1.807) is 19.2 Å². The van der Waals surface area contributed by atoms with Crippen molar-refractivity contribution in [2.45, 2.75) is 18.9 Å². The van der Waals surface area contributed by atoms with E-state index >= 15 is 0 Å². The first-order valence-corrected chi connectivity index (χ1v) is 4.82. The average molecular weight is 197 g/mol. The number of hydrogen-bond donors (Lipinski definition) is 2. The molecular formula is C11H16FNO. The summed E-state index contributed by atoms with van der Waals surface area (Å²) in [5, 5.41) is 11.7. The number of nitrogens with one attached hydrogen (secondary N) is 1. The van der Waals surface area contributed by atoms with E-state index in [4.69, 9.17) is 5.11 Å². The minimum atomic E-state index is -0.190. The Morgan fingerprint density at radius 3 is 2.71 bits per heavy atom. The monoisotopic (exact) mass is 197 g/mol. The van der Waals surface area contributed by atoms with Gasteiger partial charge in [0.15, 0.2) is 0 Å². The van der Waals surface area contributed by atoms with Crippen molar-refractivity contribution in [1.29, 1.82) is 0 Å². The molecule has 1 aromatic carbocycles. The Bertz CT molecular complexity index is 278. The number of benzene rings is 1. The molecule has 14 heavy (non-hydrogen) atoms. The molecule has 0 amide bonds. The molecule has 2 nitrogen and oxygen atoms in total. The van der Waals surface area contributed by atoms with Crippen LogP contribution in [0, 0.1) is 5.82 Å². The normalized spacial score (nSPS) is 12.8. The Morgan fingerprint density at radius 1 is 1.43 bits per heavy atom. The molecule has 2 N–H and O–H groups in total. The van der Waals surface area contributed by atoms with Gasteiger partial charge in [-0.1, -0.05) is 18.2 Å². The Balaban J connectivity index is 2.73. The first kappa shape index (κ1) is 11.1. The second kappa shape index (κ2) is 5.73. The zero-order valence-corrected chi connectivity index (χ0v) is 8.33. The van der Waals surface area contributed by atoms with Crippen LogP contribution in [0.15, 0.2) is 24.3 Å². The SMILES string of the molecule is CNC(CCCO)c1ccccc1F. The lowest BCUT2D eigenvalue weighted by atomic mass is 10.0. The van der Waals surface area contributed by atoms with Crippen molar-refractivity contribution in [1.82, 2.24) is 5.32 Å². The van der Waals surface area contributed by atoms with Crippen molar-refractivity contribution in [3.63, 3.8) is 0 Å². The van der Waals surface area contributed by atoms with Gasteiger partial charge in [-0.3, -0.25) is 0 Å². The molecule has 0 radical (unpaired) electrons. The predicted octanol–water partition coefficient (Wildman–Crippen LogP) is 1.86. The second-order valence-corrected chi connectivity index (χ2v) is 3.23. The van der Waals surface area contributed by atoms with Gasteiger partial charge in [-0.15, -0.1) is 0 Å². The van der Waals surface area contributed by atoms with E-state index in [0.717, 1.165) is 6.42 Å². The summed E-state index contributed by atoms with van der Waals surface area (Å²) in [5.41, 5.74) is 0.670. The molecule has 78 valence electrons. The molecule has 1 rings (SSSR count). The summed E-state index contributed by atoms with van der Waals surface area (Å²) in [4.78, 5) is 0. The van der Waals surface area contributed by atoms with Gasteiger partial charge < -0.3 is 10.4 Å². The van der Waals surface area contributed by atoms with Gasteiger partial charge >= 0.3 is 0 Å². The molecule has 0 spiro atoms. The molecule has 1 aromatic rings. The molecule has 0 bridgehead atoms. The predicted molar refractivity (Wildman–Crippen MR) is 54.5 cm³/mol. The van der Waals surface area contributed by atoms with E-state index in [1.807, 2.05) is 6.07 Å². The maximum atomic E-state index is 13.4. The Kier molecular flexibility index (Phi) is 4.56. The molecule has 1 unspecified atom stereocenters. The van der Waals surface area contributed by atoms with E-state index in [0.29, 0.717) is 12.0 Å². The van der Waals surface area contributed by atoms with Crippen LogP contribution in [0.25, 0.3) is 0 Å². The highest BCUT2D eigenvalue weighted by atomic mass is 19.1. The number of hydrogen-bond acceptors (Lipinski definition) is 2. The van der Waals surface area contributed by atoms with Gasteiger partial charge in [-0.05, 0) is 26.0 Å². The fourth-order valence-corrected chi connectivity index (χ4v) is 1.51. The van der Waals surface area contributed by atoms with Gasteiger partial charge in [0.2, 0.25) is 0 Å². The standard InChI is InChI=1S/C11H16FNO/c1-13-11(7-4-8-14)9-5-2-3-6-10(9)12/h2-3,5-6,11,13-14H,4,7-8H2,1H3. The lowest BCUT2D eigenvalue weighted by Gasteiger charge is -2.16. The quantitative estimate of drug-likeness (QED) is 0.755. The zero-order valence-electron chi connectivity index (χ0n) is 8.33. The van der Waals surface area contributed by atoms with Crippen LogP contribution in [0.1, 0.15) is 24.4 Å². The molecule has 0 heterocycles. The van der Waals surface area contributed by atoms with Crippen LogP contribution >= 0.6 is 0 Å². The summed E-state index contributed by atoms with van der Waals surface area (Å²) < 4.78 is 13.4. The Labute approximate surface area is 83.8 Å². The van der Waals surface area contributed by atoms with Crippen LogP contribution in [0.2, 0.25) is 0 Å². The molecule has 0 aliphatic carbocycles. The van der Waals surface area contributed by atoms with Crippen LogP contribution < -0.4 is 5.32 Å². The third kappa shape index (κ3) is 2.79. The number of rotatable bonds is 5. The van der Waals surface area contributed by atoms with Gasteiger partial charge in [-0.2, -0.15) is 0 Å². The molecule has 0 fully saturated rings. The fourth-order valence-electron chi connectivity index (χ4n) is 1.51. The maximum absolute atomic E-state index is 13.4. The lowest BCUT2D eigenvalue weighted by molar-refractivity contribution is 0.276. The molecular weight excluding hydrogens is 181 g/mol. The van der Waals surface area contributed by atoms with Crippen molar-refractivity contribution >= 4 is 0 Å². The molecule has 0 aliphatic heterocycles. The summed E-state index contributed by atoms with van der Waals surface area (Å²) in [7, 11) is 1.80. The Morgan fingerprint density at radius 2 is 2.14 bits per heavy atom. The van der Waals surface area contributed by atoms with Gasteiger partial charge in [0.05, 0.1) is 0 Å². The summed E-state index contributed by atoms with van der Waals surface area (Å²) in [6, 6.07) is 6.72. The van der Waals surface area contributed by atoms with Crippen molar-refractivity contribution in [3.05, 3.63) is 35.6 Å². The summed E-state index contributed by atoms with van der Waals surface area (Å²) in [6.07, 6.45) is 1.42.